The maximum absolute atomic E-state index is 10.9. The van der Waals surface area contributed by atoms with Gasteiger partial charge in [-0.05, 0) is 12.8 Å². The lowest BCUT2D eigenvalue weighted by Crippen LogP contribution is -2.13. The molecule has 0 saturated heterocycles. The van der Waals surface area contributed by atoms with E-state index in [0.29, 0.717) is 23.3 Å². The zero-order valence-electron chi connectivity index (χ0n) is 9.98. The monoisotopic (exact) mass is 264 g/mol. The Hall–Kier alpha value is -2.29. The number of rotatable bonds is 5. The number of nitrogens with zero attached hydrogens (tertiary/aromatic N) is 5. The molecule has 3 rings (SSSR count). The molecule has 9 nitrogen and oxygen atoms in total. The van der Waals surface area contributed by atoms with Crippen LogP contribution in [0.4, 0.5) is 0 Å². The van der Waals surface area contributed by atoms with Gasteiger partial charge in [0.1, 0.15) is 6.54 Å². The van der Waals surface area contributed by atoms with E-state index >= 15 is 0 Å². The average Bonchev–Trinajstić information content (AvgIpc) is 2.99. The molecule has 2 aromatic rings. The number of nitrogens with two attached hydrogens (primary N) is 1. The number of hydrogen-bond acceptors (Lipinski definition) is 7. The number of carboxylic acids is 1. The lowest BCUT2D eigenvalue weighted by Gasteiger charge is -2.00. The van der Waals surface area contributed by atoms with Crippen LogP contribution in [0.3, 0.4) is 0 Å². The number of carbonyl (C=O) groups is 1. The van der Waals surface area contributed by atoms with Gasteiger partial charge in [-0.15, -0.1) is 5.10 Å². The third-order valence-corrected chi connectivity index (χ3v) is 2.94. The van der Waals surface area contributed by atoms with Crippen molar-refractivity contribution in [2.45, 2.75) is 31.8 Å². The van der Waals surface area contributed by atoms with E-state index in [-0.39, 0.29) is 18.8 Å². The van der Waals surface area contributed by atoms with Crippen LogP contribution in [0, 0.1) is 0 Å². The Morgan fingerprint density at radius 3 is 2.95 bits per heavy atom. The summed E-state index contributed by atoms with van der Waals surface area (Å²) in [5.74, 6) is 0.292. The Kier molecular flexibility index (Phi) is 2.75. The largest absolute Gasteiger partial charge is 0.476 e. The van der Waals surface area contributed by atoms with E-state index in [1.165, 1.54) is 4.68 Å². The van der Waals surface area contributed by atoms with Gasteiger partial charge in [-0.1, -0.05) is 10.4 Å². The molecule has 1 aliphatic carbocycles. The second-order valence-corrected chi connectivity index (χ2v) is 4.37. The van der Waals surface area contributed by atoms with Crippen LogP contribution in [-0.2, 0) is 13.1 Å². The molecule has 0 unspecified atom stereocenters. The van der Waals surface area contributed by atoms with Crippen molar-refractivity contribution in [2.75, 3.05) is 0 Å². The van der Waals surface area contributed by atoms with Gasteiger partial charge >= 0.3 is 5.97 Å². The van der Waals surface area contributed by atoms with Gasteiger partial charge in [0.25, 0.3) is 0 Å². The van der Waals surface area contributed by atoms with Crippen molar-refractivity contribution in [2.24, 2.45) is 5.73 Å². The standard InChI is InChI=1S/C10H12N6O3/c11-3-6-8(10(17)18)13-15-16(6)4-7-12-9(19-14-7)5-1-2-5/h5H,1-4,11H2,(H,17,18). The second-order valence-electron chi connectivity index (χ2n) is 4.37. The van der Waals surface area contributed by atoms with Gasteiger partial charge in [-0.2, -0.15) is 4.98 Å². The van der Waals surface area contributed by atoms with Gasteiger partial charge in [0, 0.05) is 12.5 Å². The van der Waals surface area contributed by atoms with Crippen molar-refractivity contribution >= 4 is 5.97 Å². The summed E-state index contributed by atoms with van der Waals surface area (Å²) < 4.78 is 6.50. The summed E-state index contributed by atoms with van der Waals surface area (Å²) in [5, 5.41) is 20.1. The summed E-state index contributed by atoms with van der Waals surface area (Å²) in [7, 11) is 0. The average molecular weight is 264 g/mol. The fourth-order valence-electron chi connectivity index (χ4n) is 1.79. The molecule has 0 aliphatic heterocycles. The van der Waals surface area contributed by atoms with E-state index in [4.69, 9.17) is 15.4 Å². The van der Waals surface area contributed by atoms with Gasteiger partial charge in [0.2, 0.25) is 5.89 Å². The smallest absolute Gasteiger partial charge is 0.358 e. The molecule has 1 fully saturated rings. The third kappa shape index (κ3) is 2.19. The zero-order chi connectivity index (χ0) is 13.4. The predicted octanol–water partition coefficient (Wildman–Crippen LogP) is -0.256. The van der Waals surface area contributed by atoms with Crippen molar-refractivity contribution in [1.29, 1.82) is 0 Å². The van der Waals surface area contributed by atoms with E-state index < -0.39 is 5.97 Å². The molecule has 1 aliphatic rings. The normalized spacial score (nSPS) is 14.8. The van der Waals surface area contributed by atoms with Gasteiger partial charge in [0.15, 0.2) is 11.5 Å². The van der Waals surface area contributed by atoms with Crippen LogP contribution >= 0.6 is 0 Å². The van der Waals surface area contributed by atoms with Crippen LogP contribution in [0.5, 0.6) is 0 Å². The van der Waals surface area contributed by atoms with Crippen molar-refractivity contribution in [3.8, 4) is 0 Å². The van der Waals surface area contributed by atoms with Crippen LogP contribution in [0.15, 0.2) is 4.52 Å². The Bertz CT molecular complexity index is 615. The second kappa shape index (κ2) is 4.43. The minimum Gasteiger partial charge on any atom is -0.476 e. The fraction of sp³-hybridized carbons (Fsp3) is 0.500. The summed E-state index contributed by atoms with van der Waals surface area (Å²) in [4.78, 5) is 15.2. The van der Waals surface area contributed by atoms with Gasteiger partial charge in [-0.25, -0.2) is 9.48 Å². The first kappa shape index (κ1) is 11.8. The molecule has 0 amide bonds. The predicted molar refractivity (Wildman–Crippen MR) is 60.2 cm³/mol. The van der Waals surface area contributed by atoms with Crippen LogP contribution in [-0.4, -0.2) is 36.2 Å². The first-order chi connectivity index (χ1) is 9.19. The molecule has 9 heteroatoms. The highest BCUT2D eigenvalue weighted by Crippen LogP contribution is 2.38. The van der Waals surface area contributed by atoms with Crippen molar-refractivity contribution < 1.29 is 14.4 Å². The zero-order valence-corrected chi connectivity index (χ0v) is 9.98. The molecule has 2 heterocycles. The summed E-state index contributed by atoms with van der Waals surface area (Å²) in [6, 6.07) is 0. The lowest BCUT2D eigenvalue weighted by atomic mass is 10.3. The molecule has 1 saturated carbocycles. The van der Waals surface area contributed by atoms with Crippen molar-refractivity contribution in [3.63, 3.8) is 0 Å². The molecule has 100 valence electrons. The van der Waals surface area contributed by atoms with Crippen LogP contribution in [0.1, 0.15) is 46.7 Å². The maximum Gasteiger partial charge on any atom is 0.358 e. The Morgan fingerprint density at radius 2 is 2.32 bits per heavy atom. The van der Waals surface area contributed by atoms with E-state index in [9.17, 15) is 4.79 Å². The molecule has 19 heavy (non-hydrogen) atoms. The lowest BCUT2D eigenvalue weighted by molar-refractivity contribution is 0.0689. The molecular weight excluding hydrogens is 252 g/mol. The van der Waals surface area contributed by atoms with Crippen LogP contribution < -0.4 is 5.73 Å². The van der Waals surface area contributed by atoms with E-state index in [0.717, 1.165) is 12.8 Å². The maximum atomic E-state index is 10.9. The number of hydrogen-bond donors (Lipinski definition) is 2. The van der Waals surface area contributed by atoms with Gasteiger partial charge < -0.3 is 15.4 Å². The molecular formula is C10H12N6O3. The summed E-state index contributed by atoms with van der Waals surface area (Å²) in [6.45, 7) is 0.227. The molecule has 2 aromatic heterocycles. The number of aromatic nitrogens is 5. The quantitative estimate of drug-likeness (QED) is 0.754. The fourth-order valence-corrected chi connectivity index (χ4v) is 1.79. The molecule has 0 radical (unpaired) electrons. The van der Waals surface area contributed by atoms with E-state index in [1.807, 2.05) is 0 Å². The molecule has 3 N–H and O–H groups in total. The first-order valence-electron chi connectivity index (χ1n) is 5.87. The number of carboxylic acid groups (broad SMARTS) is 1. The highest BCUT2D eigenvalue weighted by atomic mass is 16.5. The number of aromatic carboxylic acids is 1. The van der Waals surface area contributed by atoms with E-state index in [1.54, 1.807) is 0 Å². The van der Waals surface area contributed by atoms with Crippen LogP contribution in [0.2, 0.25) is 0 Å². The Balaban J connectivity index is 1.83. The Labute approximate surface area is 107 Å². The highest BCUT2D eigenvalue weighted by molar-refractivity contribution is 5.86. The van der Waals surface area contributed by atoms with Crippen molar-refractivity contribution in [1.82, 2.24) is 25.1 Å². The Morgan fingerprint density at radius 1 is 1.53 bits per heavy atom. The summed E-state index contributed by atoms with van der Waals surface area (Å²) >= 11 is 0. The summed E-state index contributed by atoms with van der Waals surface area (Å²) in [5.41, 5.74) is 5.72. The van der Waals surface area contributed by atoms with E-state index in [2.05, 4.69) is 20.5 Å². The molecule has 0 aromatic carbocycles. The first-order valence-corrected chi connectivity index (χ1v) is 5.87. The van der Waals surface area contributed by atoms with Crippen LogP contribution in [0.25, 0.3) is 0 Å². The van der Waals surface area contributed by atoms with Crippen molar-refractivity contribution in [3.05, 3.63) is 23.1 Å². The topological polar surface area (TPSA) is 133 Å². The molecule has 0 spiro atoms. The third-order valence-electron chi connectivity index (χ3n) is 2.94. The SMILES string of the molecule is NCc1c(C(=O)O)nnn1Cc1noc(C2CC2)n1. The molecule has 0 bridgehead atoms. The van der Waals surface area contributed by atoms with Gasteiger partial charge in [0.05, 0.1) is 5.69 Å². The summed E-state index contributed by atoms with van der Waals surface area (Å²) in [6.07, 6.45) is 2.14. The minimum atomic E-state index is -1.15. The highest BCUT2D eigenvalue weighted by Gasteiger charge is 2.29. The van der Waals surface area contributed by atoms with Gasteiger partial charge in [-0.3, -0.25) is 0 Å². The minimum absolute atomic E-state index is 0.0297. The molecule has 0 atom stereocenters.